The summed E-state index contributed by atoms with van der Waals surface area (Å²) in [4.78, 5) is 22.7. The van der Waals surface area contributed by atoms with Gasteiger partial charge in [-0.05, 0) is 24.6 Å². The van der Waals surface area contributed by atoms with Crippen LogP contribution in [0.2, 0.25) is 0 Å². The average molecular weight is 250 g/mol. The minimum absolute atomic E-state index is 0.168. The number of hydrogen-bond donors (Lipinski definition) is 0. The molecule has 0 aliphatic heterocycles. The molecule has 0 saturated heterocycles. The summed E-state index contributed by atoms with van der Waals surface area (Å²) in [6.45, 7) is 5.31. The van der Waals surface area contributed by atoms with Gasteiger partial charge in [0.25, 0.3) is 0 Å². The van der Waals surface area contributed by atoms with Gasteiger partial charge in [0.2, 0.25) is 0 Å². The third-order valence-electron chi connectivity index (χ3n) is 2.62. The molecule has 0 amide bonds. The fraction of sp³-hybridized carbons (Fsp3) is 0.429. The predicted octanol–water partition coefficient (Wildman–Crippen LogP) is 2.52. The molecule has 1 rings (SSSR count). The van der Waals surface area contributed by atoms with Crippen LogP contribution in [0.4, 0.5) is 0 Å². The van der Waals surface area contributed by atoms with E-state index in [2.05, 4.69) is 4.74 Å². The Labute approximate surface area is 107 Å². The van der Waals surface area contributed by atoms with E-state index in [-0.39, 0.29) is 23.8 Å². The quantitative estimate of drug-likeness (QED) is 0.608. The molecule has 0 aliphatic rings. The Kier molecular flexibility index (Phi) is 4.89. The average Bonchev–Trinajstić information content (AvgIpc) is 2.37. The number of ether oxygens (including phenoxy) is 2. The molecule has 4 nitrogen and oxygen atoms in total. The van der Waals surface area contributed by atoms with Gasteiger partial charge in [-0.2, -0.15) is 0 Å². The maximum atomic E-state index is 11.4. The molecule has 4 heteroatoms. The highest BCUT2D eigenvalue weighted by Crippen LogP contribution is 2.20. The highest BCUT2D eigenvalue weighted by atomic mass is 16.5. The Morgan fingerprint density at radius 2 is 1.56 bits per heavy atom. The highest BCUT2D eigenvalue weighted by Gasteiger charge is 2.16. The third-order valence-corrected chi connectivity index (χ3v) is 2.62. The Morgan fingerprint density at radius 3 is 2.00 bits per heavy atom. The fourth-order valence-corrected chi connectivity index (χ4v) is 1.37. The second-order valence-electron chi connectivity index (χ2n) is 4.39. The molecule has 1 aromatic carbocycles. The zero-order valence-corrected chi connectivity index (χ0v) is 11.1. The molecule has 0 spiro atoms. The first-order chi connectivity index (χ1) is 8.45. The lowest BCUT2D eigenvalue weighted by atomic mass is 10.0. The number of hydrogen-bond acceptors (Lipinski definition) is 4. The number of rotatable bonds is 4. The molecular formula is C14H18O4. The first-order valence-corrected chi connectivity index (χ1v) is 5.85. The monoisotopic (exact) mass is 250 g/mol. The predicted molar refractivity (Wildman–Crippen MR) is 67.3 cm³/mol. The summed E-state index contributed by atoms with van der Waals surface area (Å²) in [6.07, 6.45) is 0. The molecule has 0 saturated carbocycles. The molecule has 1 atom stereocenters. The van der Waals surface area contributed by atoms with Crippen molar-refractivity contribution in [2.24, 2.45) is 5.92 Å². The van der Waals surface area contributed by atoms with E-state index in [1.54, 1.807) is 45.0 Å². The van der Waals surface area contributed by atoms with E-state index < -0.39 is 0 Å². The van der Waals surface area contributed by atoms with Crippen LogP contribution in [0, 0.1) is 5.92 Å². The number of benzene rings is 1. The molecular weight excluding hydrogens is 232 g/mol. The lowest BCUT2D eigenvalue weighted by molar-refractivity contribution is -0.142. The summed E-state index contributed by atoms with van der Waals surface area (Å²) in [5.74, 6) is -0.580. The Bertz CT molecular complexity index is 420. The maximum absolute atomic E-state index is 11.4. The zero-order chi connectivity index (χ0) is 13.7. The topological polar surface area (TPSA) is 52.6 Å². The third kappa shape index (κ3) is 3.58. The van der Waals surface area contributed by atoms with Gasteiger partial charge in [0.05, 0.1) is 18.9 Å². The maximum Gasteiger partial charge on any atom is 0.313 e. The Balaban J connectivity index is 2.74. The molecule has 0 N–H and O–H groups in total. The van der Waals surface area contributed by atoms with E-state index in [4.69, 9.17) is 4.74 Å². The van der Waals surface area contributed by atoms with Crippen LogP contribution in [0.15, 0.2) is 24.3 Å². The highest BCUT2D eigenvalue weighted by molar-refractivity contribution is 5.77. The van der Waals surface area contributed by atoms with E-state index in [9.17, 15) is 9.59 Å². The zero-order valence-electron chi connectivity index (χ0n) is 11.1. The van der Waals surface area contributed by atoms with Crippen LogP contribution in [0.5, 0.6) is 5.75 Å². The second kappa shape index (κ2) is 6.19. The largest absolute Gasteiger partial charge is 0.469 e. The molecule has 0 heterocycles. The van der Waals surface area contributed by atoms with Gasteiger partial charge in [-0.1, -0.05) is 26.0 Å². The minimum Gasteiger partial charge on any atom is -0.469 e. The van der Waals surface area contributed by atoms with Crippen molar-refractivity contribution in [2.75, 3.05) is 7.11 Å². The smallest absolute Gasteiger partial charge is 0.313 e. The van der Waals surface area contributed by atoms with Crippen LogP contribution in [-0.2, 0) is 14.3 Å². The molecule has 0 radical (unpaired) electrons. The van der Waals surface area contributed by atoms with Crippen LogP contribution < -0.4 is 4.74 Å². The molecule has 1 unspecified atom stereocenters. The van der Waals surface area contributed by atoms with E-state index >= 15 is 0 Å². The fourth-order valence-electron chi connectivity index (χ4n) is 1.37. The molecule has 0 bridgehead atoms. The van der Waals surface area contributed by atoms with Gasteiger partial charge in [0.1, 0.15) is 5.75 Å². The van der Waals surface area contributed by atoms with Crippen molar-refractivity contribution < 1.29 is 19.1 Å². The van der Waals surface area contributed by atoms with Crippen molar-refractivity contribution in [3.8, 4) is 5.75 Å². The first-order valence-electron chi connectivity index (χ1n) is 5.85. The molecule has 1 aromatic rings. The van der Waals surface area contributed by atoms with Crippen molar-refractivity contribution in [2.45, 2.75) is 26.7 Å². The van der Waals surface area contributed by atoms with Crippen LogP contribution in [0.25, 0.3) is 0 Å². The summed E-state index contributed by atoms with van der Waals surface area (Å²) in [7, 11) is 1.36. The van der Waals surface area contributed by atoms with E-state index in [0.717, 1.165) is 5.56 Å². The number of esters is 2. The van der Waals surface area contributed by atoms with Crippen molar-refractivity contribution >= 4 is 11.9 Å². The minimum atomic E-state index is -0.329. The van der Waals surface area contributed by atoms with Gasteiger partial charge in [-0.15, -0.1) is 0 Å². The molecule has 18 heavy (non-hydrogen) atoms. The van der Waals surface area contributed by atoms with E-state index in [0.29, 0.717) is 5.75 Å². The lowest BCUT2D eigenvalue weighted by Gasteiger charge is -2.11. The standard InChI is InChI=1S/C14H18O4/c1-9(2)13(15)18-12-7-5-11(6-8-12)10(3)14(16)17-4/h5-10H,1-4H3. The van der Waals surface area contributed by atoms with Gasteiger partial charge in [0.15, 0.2) is 0 Å². The number of carbonyl (C=O) groups excluding carboxylic acids is 2. The number of methoxy groups -OCH3 is 1. The van der Waals surface area contributed by atoms with Crippen LogP contribution in [0.1, 0.15) is 32.3 Å². The van der Waals surface area contributed by atoms with Crippen molar-refractivity contribution in [1.29, 1.82) is 0 Å². The summed E-state index contributed by atoms with van der Waals surface area (Å²) >= 11 is 0. The lowest BCUT2D eigenvalue weighted by Crippen LogP contribution is -2.15. The van der Waals surface area contributed by atoms with Gasteiger partial charge < -0.3 is 9.47 Å². The van der Waals surface area contributed by atoms with Crippen molar-refractivity contribution in [3.05, 3.63) is 29.8 Å². The molecule has 0 fully saturated rings. The van der Waals surface area contributed by atoms with E-state index in [1.807, 2.05) is 0 Å². The van der Waals surface area contributed by atoms with Crippen LogP contribution in [-0.4, -0.2) is 19.0 Å². The molecule has 0 aromatic heterocycles. The summed E-state index contributed by atoms with van der Waals surface area (Å²) in [6, 6.07) is 6.86. The summed E-state index contributed by atoms with van der Waals surface area (Å²) in [5.41, 5.74) is 0.825. The van der Waals surface area contributed by atoms with Gasteiger partial charge >= 0.3 is 11.9 Å². The van der Waals surface area contributed by atoms with Gasteiger partial charge in [-0.25, -0.2) is 0 Å². The molecule has 0 aliphatic carbocycles. The summed E-state index contributed by atoms with van der Waals surface area (Å²) < 4.78 is 9.81. The molecule has 98 valence electrons. The Morgan fingerprint density at radius 1 is 1.00 bits per heavy atom. The van der Waals surface area contributed by atoms with Gasteiger partial charge in [0, 0.05) is 0 Å². The van der Waals surface area contributed by atoms with Crippen LogP contribution >= 0.6 is 0 Å². The van der Waals surface area contributed by atoms with Crippen molar-refractivity contribution in [1.82, 2.24) is 0 Å². The van der Waals surface area contributed by atoms with Gasteiger partial charge in [-0.3, -0.25) is 9.59 Å². The second-order valence-corrected chi connectivity index (χ2v) is 4.39. The van der Waals surface area contributed by atoms with E-state index in [1.165, 1.54) is 7.11 Å². The normalized spacial score (nSPS) is 12.1. The number of carbonyl (C=O) groups is 2. The first kappa shape index (κ1) is 14.2. The van der Waals surface area contributed by atoms with Crippen molar-refractivity contribution in [3.63, 3.8) is 0 Å². The SMILES string of the molecule is COC(=O)C(C)c1ccc(OC(=O)C(C)C)cc1. The Hall–Kier alpha value is -1.84. The van der Waals surface area contributed by atoms with Crippen LogP contribution in [0.3, 0.4) is 0 Å². The summed E-state index contributed by atoms with van der Waals surface area (Å²) in [5, 5.41) is 0.